The molecule has 3 aliphatic rings. The van der Waals surface area contributed by atoms with Gasteiger partial charge in [-0.1, -0.05) is 13.8 Å². The number of rotatable bonds is 3. The molecular formula is C16H30N2. The van der Waals surface area contributed by atoms with E-state index < -0.39 is 0 Å². The van der Waals surface area contributed by atoms with Crippen molar-refractivity contribution in [3.8, 4) is 0 Å². The lowest BCUT2D eigenvalue weighted by molar-refractivity contribution is 0.0897. The van der Waals surface area contributed by atoms with Crippen LogP contribution in [0, 0.1) is 17.3 Å². The Balaban J connectivity index is 1.62. The molecule has 1 aliphatic heterocycles. The summed E-state index contributed by atoms with van der Waals surface area (Å²) in [6, 6.07) is 1.70. The van der Waals surface area contributed by atoms with E-state index >= 15 is 0 Å². The minimum atomic E-state index is 0.566. The molecule has 0 radical (unpaired) electrons. The van der Waals surface area contributed by atoms with Gasteiger partial charge in [-0.05, 0) is 62.8 Å². The number of nitrogens with one attached hydrogen (secondary N) is 1. The first-order valence-electron chi connectivity index (χ1n) is 7.99. The fourth-order valence-corrected chi connectivity index (χ4v) is 4.86. The van der Waals surface area contributed by atoms with Crippen molar-refractivity contribution in [2.45, 2.75) is 64.5 Å². The van der Waals surface area contributed by atoms with Gasteiger partial charge >= 0.3 is 0 Å². The Labute approximate surface area is 113 Å². The van der Waals surface area contributed by atoms with Crippen molar-refractivity contribution in [2.24, 2.45) is 17.3 Å². The third-order valence-electron chi connectivity index (χ3n) is 5.88. The van der Waals surface area contributed by atoms with Crippen LogP contribution in [0.2, 0.25) is 0 Å². The Morgan fingerprint density at radius 2 is 2.06 bits per heavy atom. The predicted molar refractivity (Wildman–Crippen MR) is 76.7 cm³/mol. The molecule has 2 heteroatoms. The molecule has 2 aliphatic carbocycles. The summed E-state index contributed by atoms with van der Waals surface area (Å²) in [6.45, 7) is 7.68. The van der Waals surface area contributed by atoms with Crippen LogP contribution in [-0.4, -0.2) is 37.1 Å². The first-order chi connectivity index (χ1) is 8.57. The quantitative estimate of drug-likeness (QED) is 0.828. The zero-order valence-electron chi connectivity index (χ0n) is 12.4. The topological polar surface area (TPSA) is 15.3 Å². The minimum absolute atomic E-state index is 0.566. The van der Waals surface area contributed by atoms with Gasteiger partial charge in [0.1, 0.15) is 0 Å². The molecule has 1 heterocycles. The van der Waals surface area contributed by atoms with Crippen LogP contribution in [0.1, 0.15) is 52.4 Å². The number of nitrogens with zero attached hydrogens (tertiary/aromatic N) is 1. The maximum atomic E-state index is 3.58. The van der Waals surface area contributed by atoms with Crippen LogP contribution in [0.4, 0.5) is 0 Å². The van der Waals surface area contributed by atoms with Crippen molar-refractivity contribution in [1.82, 2.24) is 10.2 Å². The van der Waals surface area contributed by atoms with Gasteiger partial charge in [0.05, 0.1) is 0 Å². The maximum Gasteiger partial charge on any atom is 0.0105 e. The molecule has 3 fully saturated rings. The van der Waals surface area contributed by atoms with Crippen LogP contribution in [0.3, 0.4) is 0 Å². The summed E-state index contributed by atoms with van der Waals surface area (Å²) in [5.74, 6) is 1.91. The predicted octanol–water partition coefficient (Wildman–Crippen LogP) is 2.89. The molecule has 0 amide bonds. The molecule has 4 atom stereocenters. The number of piperidine rings is 1. The van der Waals surface area contributed by atoms with E-state index in [1.165, 1.54) is 51.6 Å². The highest BCUT2D eigenvalue weighted by Gasteiger charge is 2.41. The zero-order valence-corrected chi connectivity index (χ0v) is 12.4. The summed E-state index contributed by atoms with van der Waals surface area (Å²) in [6.07, 6.45) is 8.65. The third-order valence-corrected chi connectivity index (χ3v) is 5.88. The van der Waals surface area contributed by atoms with E-state index in [0.29, 0.717) is 5.41 Å². The van der Waals surface area contributed by atoms with E-state index in [4.69, 9.17) is 0 Å². The van der Waals surface area contributed by atoms with Gasteiger partial charge in [-0.25, -0.2) is 0 Å². The number of hydrogen-bond donors (Lipinski definition) is 1. The molecule has 0 aromatic heterocycles. The molecule has 0 aromatic carbocycles. The van der Waals surface area contributed by atoms with E-state index in [9.17, 15) is 0 Å². The Morgan fingerprint density at radius 1 is 1.22 bits per heavy atom. The summed E-state index contributed by atoms with van der Waals surface area (Å²) in [4.78, 5) is 2.82. The number of hydrogen-bond acceptors (Lipinski definition) is 2. The van der Waals surface area contributed by atoms with Crippen molar-refractivity contribution in [2.75, 3.05) is 20.1 Å². The van der Waals surface area contributed by atoms with Crippen molar-refractivity contribution in [3.63, 3.8) is 0 Å². The SMILES string of the molecule is CNC1CCC(C)(C)CC1CN1CC2CCC1C2. The molecule has 18 heavy (non-hydrogen) atoms. The molecule has 1 saturated heterocycles. The van der Waals surface area contributed by atoms with Gasteiger partial charge in [0.25, 0.3) is 0 Å². The lowest BCUT2D eigenvalue weighted by Crippen LogP contribution is -2.47. The highest BCUT2D eigenvalue weighted by Crippen LogP contribution is 2.42. The third kappa shape index (κ3) is 2.46. The van der Waals surface area contributed by atoms with Crippen LogP contribution in [0.5, 0.6) is 0 Å². The number of likely N-dealkylation sites (tertiary alicyclic amines) is 1. The van der Waals surface area contributed by atoms with Gasteiger partial charge in [0, 0.05) is 25.2 Å². The highest BCUT2D eigenvalue weighted by molar-refractivity contribution is 4.96. The van der Waals surface area contributed by atoms with E-state index in [1.807, 2.05) is 0 Å². The normalized spacial score (nSPS) is 43.5. The van der Waals surface area contributed by atoms with Crippen LogP contribution < -0.4 is 5.32 Å². The Hall–Kier alpha value is -0.0800. The Bertz CT molecular complexity index is 299. The van der Waals surface area contributed by atoms with Gasteiger partial charge in [0.15, 0.2) is 0 Å². The molecular weight excluding hydrogens is 220 g/mol. The van der Waals surface area contributed by atoms with Crippen molar-refractivity contribution in [3.05, 3.63) is 0 Å². The molecule has 2 bridgehead atoms. The standard InChI is InChI=1S/C16H30N2/c1-16(2)7-6-15(17-3)13(9-16)11-18-10-12-4-5-14(18)8-12/h12-15,17H,4-11H2,1-3H3. The second-order valence-electron chi connectivity index (χ2n) is 7.85. The molecule has 4 unspecified atom stereocenters. The van der Waals surface area contributed by atoms with Gasteiger partial charge < -0.3 is 5.32 Å². The molecule has 2 nitrogen and oxygen atoms in total. The van der Waals surface area contributed by atoms with Crippen LogP contribution in [0.15, 0.2) is 0 Å². The number of fused-ring (bicyclic) bond motifs is 2. The van der Waals surface area contributed by atoms with Crippen molar-refractivity contribution >= 4 is 0 Å². The molecule has 1 N–H and O–H groups in total. The van der Waals surface area contributed by atoms with E-state index in [2.05, 4.69) is 31.1 Å². The molecule has 0 spiro atoms. The van der Waals surface area contributed by atoms with E-state index in [-0.39, 0.29) is 0 Å². The summed E-state index contributed by atoms with van der Waals surface area (Å²) in [7, 11) is 2.16. The van der Waals surface area contributed by atoms with Crippen LogP contribution in [-0.2, 0) is 0 Å². The Kier molecular flexibility index (Phi) is 3.44. The smallest absolute Gasteiger partial charge is 0.0105 e. The summed E-state index contributed by atoms with van der Waals surface area (Å²) in [5, 5.41) is 3.58. The summed E-state index contributed by atoms with van der Waals surface area (Å²) < 4.78 is 0. The van der Waals surface area contributed by atoms with Crippen molar-refractivity contribution < 1.29 is 0 Å². The van der Waals surface area contributed by atoms with Crippen LogP contribution >= 0.6 is 0 Å². The fraction of sp³-hybridized carbons (Fsp3) is 1.00. The molecule has 2 saturated carbocycles. The fourth-order valence-electron chi connectivity index (χ4n) is 4.86. The summed E-state index contributed by atoms with van der Waals surface area (Å²) >= 11 is 0. The van der Waals surface area contributed by atoms with Crippen LogP contribution in [0.25, 0.3) is 0 Å². The molecule has 0 aromatic rings. The van der Waals surface area contributed by atoms with Gasteiger partial charge in [-0.2, -0.15) is 0 Å². The lowest BCUT2D eigenvalue weighted by Gasteiger charge is -2.43. The maximum absolute atomic E-state index is 3.58. The second-order valence-corrected chi connectivity index (χ2v) is 7.85. The highest BCUT2D eigenvalue weighted by atomic mass is 15.2. The lowest BCUT2D eigenvalue weighted by atomic mass is 9.69. The molecule has 104 valence electrons. The average Bonchev–Trinajstić information content (AvgIpc) is 2.90. The minimum Gasteiger partial charge on any atom is -0.317 e. The van der Waals surface area contributed by atoms with Gasteiger partial charge in [0.2, 0.25) is 0 Å². The summed E-state index contributed by atoms with van der Waals surface area (Å²) in [5.41, 5.74) is 0.566. The van der Waals surface area contributed by atoms with Crippen molar-refractivity contribution in [1.29, 1.82) is 0 Å². The average molecular weight is 250 g/mol. The first kappa shape index (κ1) is 12.9. The largest absolute Gasteiger partial charge is 0.317 e. The van der Waals surface area contributed by atoms with E-state index in [0.717, 1.165) is 23.9 Å². The zero-order chi connectivity index (χ0) is 12.8. The van der Waals surface area contributed by atoms with Gasteiger partial charge in [-0.3, -0.25) is 4.90 Å². The van der Waals surface area contributed by atoms with Gasteiger partial charge in [-0.15, -0.1) is 0 Å². The second kappa shape index (κ2) is 4.79. The first-order valence-corrected chi connectivity index (χ1v) is 7.99. The molecule has 3 rings (SSSR count). The van der Waals surface area contributed by atoms with E-state index in [1.54, 1.807) is 0 Å². The Morgan fingerprint density at radius 3 is 2.67 bits per heavy atom. The monoisotopic (exact) mass is 250 g/mol.